The second-order valence-corrected chi connectivity index (χ2v) is 8.86. The van der Waals surface area contributed by atoms with E-state index >= 15 is 0 Å². The molecule has 1 aliphatic heterocycles. The maximum absolute atomic E-state index is 12.3. The van der Waals surface area contributed by atoms with Crippen molar-refractivity contribution >= 4 is 32.6 Å². The molecule has 0 unspecified atom stereocenters. The van der Waals surface area contributed by atoms with Crippen molar-refractivity contribution in [1.82, 2.24) is 28.5 Å². The lowest BCUT2D eigenvalue weighted by molar-refractivity contribution is 0.396. The summed E-state index contributed by atoms with van der Waals surface area (Å²) in [7, 11) is -0.372. The maximum Gasteiger partial charge on any atom is 0.281 e. The number of imidazole rings is 1. The van der Waals surface area contributed by atoms with Gasteiger partial charge in [-0.25, -0.2) is 15.0 Å². The summed E-state index contributed by atoms with van der Waals surface area (Å²) in [6.07, 6.45) is 4.03. The van der Waals surface area contributed by atoms with Crippen LogP contribution in [0.4, 0.5) is 5.82 Å². The van der Waals surface area contributed by atoms with Crippen LogP contribution >= 0.6 is 0 Å². The van der Waals surface area contributed by atoms with Crippen molar-refractivity contribution in [3.63, 3.8) is 0 Å². The predicted octanol–water partition coefficient (Wildman–Crippen LogP) is 1.50. The average Bonchev–Trinajstić information content (AvgIpc) is 3.12. The van der Waals surface area contributed by atoms with Gasteiger partial charge in [-0.15, -0.1) is 0 Å². The molecule has 146 valence electrons. The van der Waals surface area contributed by atoms with Gasteiger partial charge in [0.15, 0.2) is 11.6 Å². The number of anilines is 1. The molecule has 1 aliphatic rings. The molecule has 0 bridgehead atoms. The van der Waals surface area contributed by atoms with E-state index in [1.165, 1.54) is 22.7 Å². The Bertz CT molecular complexity index is 1130. The van der Waals surface area contributed by atoms with Gasteiger partial charge in [0.2, 0.25) is 0 Å². The van der Waals surface area contributed by atoms with Gasteiger partial charge in [-0.2, -0.15) is 17.0 Å². The number of nitrogen functional groups attached to an aromatic ring is 1. The number of rotatable bonds is 4. The van der Waals surface area contributed by atoms with E-state index in [1.807, 2.05) is 30.3 Å². The molecule has 0 fully saturated rings. The van der Waals surface area contributed by atoms with Crippen molar-refractivity contribution in [2.45, 2.75) is 6.42 Å². The van der Waals surface area contributed by atoms with Gasteiger partial charge in [0.05, 0.1) is 22.9 Å². The fourth-order valence-electron chi connectivity index (χ4n) is 3.12. The number of aromatic amines is 1. The van der Waals surface area contributed by atoms with Crippen molar-refractivity contribution in [3.05, 3.63) is 42.2 Å². The first-order valence-electron chi connectivity index (χ1n) is 8.81. The quantitative estimate of drug-likeness (QED) is 0.686. The number of nitrogens with one attached hydrogen (secondary N) is 1. The third kappa shape index (κ3) is 3.26. The lowest BCUT2D eigenvalue weighted by atomic mass is 10.1. The fraction of sp³-hybridized carbons (Fsp3) is 0.278. The van der Waals surface area contributed by atoms with Gasteiger partial charge in [0.1, 0.15) is 5.69 Å². The molecule has 10 heteroatoms. The summed E-state index contributed by atoms with van der Waals surface area (Å²) in [6, 6.07) is 7.68. The number of nitrogens with zero attached hydrogens (tertiary/aromatic N) is 5. The van der Waals surface area contributed by atoms with Gasteiger partial charge in [0, 0.05) is 27.2 Å². The first-order valence-corrected chi connectivity index (χ1v) is 10.2. The Balaban J connectivity index is 1.65. The minimum Gasteiger partial charge on any atom is -0.382 e. The normalized spacial score (nSPS) is 15.9. The van der Waals surface area contributed by atoms with Gasteiger partial charge < -0.3 is 10.7 Å². The van der Waals surface area contributed by atoms with Crippen LogP contribution in [0.2, 0.25) is 0 Å². The van der Waals surface area contributed by atoms with Crippen molar-refractivity contribution < 1.29 is 8.42 Å². The van der Waals surface area contributed by atoms with Gasteiger partial charge >= 0.3 is 0 Å². The summed E-state index contributed by atoms with van der Waals surface area (Å²) in [5.41, 5.74) is 9.85. The van der Waals surface area contributed by atoms with E-state index in [1.54, 1.807) is 6.20 Å². The molecule has 4 rings (SSSR count). The summed E-state index contributed by atoms with van der Waals surface area (Å²) in [4.78, 5) is 16.7. The summed E-state index contributed by atoms with van der Waals surface area (Å²) in [5.74, 6) is 0.845. The molecular weight excluding hydrogens is 378 g/mol. The van der Waals surface area contributed by atoms with Gasteiger partial charge in [-0.3, -0.25) is 0 Å². The minimum absolute atomic E-state index is 0.288. The zero-order valence-electron chi connectivity index (χ0n) is 15.6. The fourth-order valence-corrected chi connectivity index (χ4v) is 4.16. The molecule has 0 radical (unpaired) electrons. The summed E-state index contributed by atoms with van der Waals surface area (Å²) >= 11 is 0. The van der Waals surface area contributed by atoms with E-state index in [-0.39, 0.29) is 5.82 Å². The van der Waals surface area contributed by atoms with E-state index in [0.29, 0.717) is 36.7 Å². The number of hydrogen-bond donors (Lipinski definition) is 2. The largest absolute Gasteiger partial charge is 0.382 e. The maximum atomic E-state index is 12.3. The molecule has 0 aliphatic carbocycles. The molecule has 2 aromatic heterocycles. The standard InChI is InChI=1S/C18H21N7O2S/c1-24(2)28(26,27)25-9-7-12(8-10-25)15-11-20-17(19)16(21-15)18-22-13-5-3-4-6-14(13)23-18/h3-7,11H,8-10H2,1-2H3,(H2,19,20)(H,22,23). The highest BCUT2D eigenvalue weighted by atomic mass is 32.2. The van der Waals surface area contributed by atoms with Crippen LogP contribution in [0.5, 0.6) is 0 Å². The number of aromatic nitrogens is 4. The van der Waals surface area contributed by atoms with Crippen LogP contribution in [0, 0.1) is 0 Å². The van der Waals surface area contributed by atoms with Crippen molar-refractivity contribution in [2.75, 3.05) is 32.9 Å². The molecule has 3 aromatic rings. The average molecular weight is 399 g/mol. The Morgan fingerprint density at radius 2 is 2.00 bits per heavy atom. The van der Waals surface area contributed by atoms with Crippen LogP contribution in [-0.4, -0.2) is 64.1 Å². The van der Waals surface area contributed by atoms with E-state index < -0.39 is 10.2 Å². The number of nitrogens with two attached hydrogens (primary N) is 1. The van der Waals surface area contributed by atoms with Crippen molar-refractivity contribution in [3.8, 4) is 11.5 Å². The lowest BCUT2D eigenvalue weighted by Gasteiger charge is -2.28. The Morgan fingerprint density at radius 3 is 2.68 bits per heavy atom. The molecule has 28 heavy (non-hydrogen) atoms. The lowest BCUT2D eigenvalue weighted by Crippen LogP contribution is -2.42. The van der Waals surface area contributed by atoms with E-state index in [9.17, 15) is 8.42 Å². The monoisotopic (exact) mass is 399 g/mol. The predicted molar refractivity (Wildman–Crippen MR) is 108 cm³/mol. The van der Waals surface area contributed by atoms with Crippen LogP contribution in [0.1, 0.15) is 12.1 Å². The molecule has 0 spiro atoms. The Kier molecular flexibility index (Phi) is 4.61. The Hall–Kier alpha value is -2.82. The van der Waals surface area contributed by atoms with Crippen LogP contribution < -0.4 is 5.73 Å². The second kappa shape index (κ2) is 6.97. The molecule has 0 atom stereocenters. The number of benzene rings is 1. The molecule has 0 saturated heterocycles. The number of hydrogen-bond acceptors (Lipinski definition) is 6. The van der Waals surface area contributed by atoms with Crippen molar-refractivity contribution in [2.24, 2.45) is 0 Å². The zero-order valence-corrected chi connectivity index (χ0v) is 16.4. The summed E-state index contributed by atoms with van der Waals surface area (Å²) in [6.45, 7) is 0.681. The Labute approximate surface area is 163 Å². The van der Waals surface area contributed by atoms with Crippen LogP contribution in [-0.2, 0) is 10.2 Å². The SMILES string of the molecule is CN(C)S(=O)(=O)N1CC=C(c2cnc(N)c(-c3nc4ccccc4[nH]3)n2)CC1. The molecule has 9 nitrogen and oxygen atoms in total. The highest BCUT2D eigenvalue weighted by Crippen LogP contribution is 2.27. The zero-order chi connectivity index (χ0) is 19.9. The molecule has 3 heterocycles. The van der Waals surface area contributed by atoms with Gasteiger partial charge in [-0.1, -0.05) is 18.2 Å². The highest BCUT2D eigenvalue weighted by molar-refractivity contribution is 7.86. The second-order valence-electron chi connectivity index (χ2n) is 6.72. The first kappa shape index (κ1) is 18.5. The molecule has 3 N–H and O–H groups in total. The summed E-state index contributed by atoms with van der Waals surface area (Å²) in [5, 5.41) is 0. The molecule has 0 saturated carbocycles. The van der Waals surface area contributed by atoms with Crippen LogP contribution in [0.3, 0.4) is 0 Å². The first-order chi connectivity index (χ1) is 13.4. The minimum atomic E-state index is -3.43. The van der Waals surface area contributed by atoms with Crippen LogP contribution in [0.15, 0.2) is 36.5 Å². The molecular formula is C18H21N7O2S. The van der Waals surface area contributed by atoms with Gasteiger partial charge in [-0.05, 0) is 24.1 Å². The van der Waals surface area contributed by atoms with Crippen molar-refractivity contribution in [1.29, 1.82) is 0 Å². The molecule has 1 aromatic carbocycles. The highest BCUT2D eigenvalue weighted by Gasteiger charge is 2.27. The molecule has 0 amide bonds. The van der Waals surface area contributed by atoms with Crippen LogP contribution in [0.25, 0.3) is 28.1 Å². The number of H-pyrrole nitrogens is 1. The van der Waals surface area contributed by atoms with E-state index in [2.05, 4.69) is 19.9 Å². The topological polar surface area (TPSA) is 121 Å². The third-order valence-corrected chi connectivity index (χ3v) is 6.61. The Morgan fingerprint density at radius 1 is 1.21 bits per heavy atom. The van der Waals surface area contributed by atoms with E-state index in [0.717, 1.165) is 16.6 Å². The smallest absolute Gasteiger partial charge is 0.281 e. The third-order valence-electron chi connectivity index (χ3n) is 4.70. The van der Waals surface area contributed by atoms with E-state index in [4.69, 9.17) is 5.73 Å². The summed E-state index contributed by atoms with van der Waals surface area (Å²) < 4.78 is 27.2. The number of fused-ring (bicyclic) bond motifs is 1. The van der Waals surface area contributed by atoms with Gasteiger partial charge in [0.25, 0.3) is 10.2 Å². The number of para-hydroxylation sites is 2.